The molecule has 2 heterocycles. The molecule has 0 radical (unpaired) electrons. The molecular formula is C21H19ClN2O2S. The van der Waals surface area contributed by atoms with Crippen LogP contribution >= 0.6 is 22.9 Å². The van der Waals surface area contributed by atoms with Crippen LogP contribution in [0.25, 0.3) is 10.2 Å². The average molecular weight is 399 g/mol. The highest BCUT2D eigenvalue weighted by atomic mass is 35.5. The first-order chi connectivity index (χ1) is 13.1. The van der Waals surface area contributed by atoms with Gasteiger partial charge in [0.1, 0.15) is 0 Å². The van der Waals surface area contributed by atoms with Crippen LogP contribution in [0.2, 0.25) is 5.02 Å². The van der Waals surface area contributed by atoms with Crippen LogP contribution in [0.3, 0.4) is 0 Å². The van der Waals surface area contributed by atoms with Crippen LogP contribution in [0.5, 0.6) is 0 Å². The van der Waals surface area contributed by atoms with E-state index < -0.39 is 0 Å². The average Bonchev–Trinajstić information content (AvgIpc) is 3.12. The van der Waals surface area contributed by atoms with Gasteiger partial charge in [0.25, 0.3) is 0 Å². The second-order valence-electron chi connectivity index (χ2n) is 6.81. The molecule has 0 atom stereocenters. The summed E-state index contributed by atoms with van der Waals surface area (Å²) in [6.45, 7) is 1.22. The number of carbonyl (C=O) groups is 2. The number of carbonyl (C=O) groups excluding carboxylic acids is 2. The number of hydrogen-bond acceptors (Lipinski definition) is 4. The number of likely N-dealkylation sites (tertiary alicyclic amines) is 1. The SMILES string of the molecule is O=C(c1nc2ccccc2s1)C1CCN(C(=O)Cc2cccc(Cl)c2)CC1. The molecule has 1 amide bonds. The van der Waals surface area contributed by atoms with Crippen LogP contribution in [0.15, 0.2) is 48.5 Å². The smallest absolute Gasteiger partial charge is 0.226 e. The van der Waals surface area contributed by atoms with Gasteiger partial charge in [-0.25, -0.2) is 4.98 Å². The number of para-hydroxylation sites is 1. The highest BCUT2D eigenvalue weighted by molar-refractivity contribution is 7.20. The number of hydrogen-bond donors (Lipinski definition) is 0. The summed E-state index contributed by atoms with van der Waals surface area (Å²) in [5.41, 5.74) is 1.79. The Labute approximate surface area is 166 Å². The molecule has 3 aromatic rings. The predicted molar refractivity (Wildman–Crippen MR) is 108 cm³/mol. The number of rotatable bonds is 4. The summed E-state index contributed by atoms with van der Waals surface area (Å²) in [5.74, 6) is 0.141. The quantitative estimate of drug-likeness (QED) is 0.603. The number of aromatic nitrogens is 1. The Balaban J connectivity index is 1.36. The van der Waals surface area contributed by atoms with Gasteiger partial charge in [-0.3, -0.25) is 9.59 Å². The monoisotopic (exact) mass is 398 g/mol. The minimum atomic E-state index is -0.0548. The lowest BCUT2D eigenvalue weighted by Crippen LogP contribution is -2.41. The van der Waals surface area contributed by atoms with E-state index in [-0.39, 0.29) is 17.6 Å². The van der Waals surface area contributed by atoms with Gasteiger partial charge >= 0.3 is 0 Å². The normalized spacial score (nSPS) is 15.2. The van der Waals surface area contributed by atoms with E-state index in [1.54, 1.807) is 6.07 Å². The topological polar surface area (TPSA) is 50.3 Å². The van der Waals surface area contributed by atoms with Crippen molar-refractivity contribution in [2.45, 2.75) is 19.3 Å². The summed E-state index contributed by atoms with van der Waals surface area (Å²) < 4.78 is 1.04. The fourth-order valence-corrected chi connectivity index (χ4v) is 4.67. The first-order valence-electron chi connectivity index (χ1n) is 9.02. The molecule has 1 saturated heterocycles. The molecule has 0 spiro atoms. The molecule has 0 unspecified atom stereocenters. The van der Waals surface area contributed by atoms with E-state index in [9.17, 15) is 9.59 Å². The second-order valence-corrected chi connectivity index (χ2v) is 8.28. The summed E-state index contributed by atoms with van der Waals surface area (Å²) >= 11 is 7.44. The van der Waals surface area contributed by atoms with E-state index >= 15 is 0 Å². The van der Waals surface area contributed by atoms with Crippen molar-refractivity contribution >= 4 is 44.8 Å². The fourth-order valence-electron chi connectivity index (χ4n) is 3.48. The number of benzene rings is 2. The number of halogens is 1. The van der Waals surface area contributed by atoms with E-state index in [4.69, 9.17) is 11.6 Å². The highest BCUT2D eigenvalue weighted by Gasteiger charge is 2.29. The largest absolute Gasteiger partial charge is 0.342 e. The van der Waals surface area contributed by atoms with Gasteiger partial charge < -0.3 is 4.90 Å². The minimum Gasteiger partial charge on any atom is -0.342 e. The third-order valence-electron chi connectivity index (χ3n) is 4.97. The van der Waals surface area contributed by atoms with Crippen LogP contribution in [-0.4, -0.2) is 34.7 Å². The van der Waals surface area contributed by atoms with Gasteiger partial charge in [0.15, 0.2) is 10.8 Å². The number of nitrogens with zero attached hydrogens (tertiary/aromatic N) is 2. The van der Waals surface area contributed by atoms with Gasteiger partial charge in [0, 0.05) is 24.0 Å². The Morgan fingerprint density at radius 1 is 1.11 bits per heavy atom. The predicted octanol–water partition coefficient (Wildman–Crippen LogP) is 4.61. The molecule has 1 fully saturated rings. The van der Waals surface area contributed by atoms with Crippen molar-refractivity contribution in [3.63, 3.8) is 0 Å². The number of fused-ring (bicyclic) bond motifs is 1. The zero-order valence-electron chi connectivity index (χ0n) is 14.7. The first kappa shape index (κ1) is 18.1. The number of piperidine rings is 1. The minimum absolute atomic E-state index is 0.0548. The maximum absolute atomic E-state index is 12.8. The maximum atomic E-state index is 12.8. The molecule has 0 aliphatic carbocycles. The van der Waals surface area contributed by atoms with Crippen LogP contribution in [-0.2, 0) is 11.2 Å². The van der Waals surface area contributed by atoms with Crippen LogP contribution in [0.1, 0.15) is 28.2 Å². The third-order valence-corrected chi connectivity index (χ3v) is 6.25. The molecule has 1 aromatic heterocycles. The summed E-state index contributed by atoms with van der Waals surface area (Å²) in [5, 5.41) is 1.22. The molecule has 4 rings (SSSR count). The Kier molecular flexibility index (Phi) is 5.23. The van der Waals surface area contributed by atoms with E-state index in [2.05, 4.69) is 4.98 Å². The molecule has 0 N–H and O–H groups in total. The van der Waals surface area contributed by atoms with Crippen LogP contribution < -0.4 is 0 Å². The summed E-state index contributed by atoms with van der Waals surface area (Å²) in [6, 6.07) is 15.2. The lowest BCUT2D eigenvalue weighted by molar-refractivity contribution is -0.131. The number of amides is 1. The van der Waals surface area contributed by atoms with E-state index in [1.807, 2.05) is 47.4 Å². The van der Waals surface area contributed by atoms with Crippen molar-refractivity contribution in [3.8, 4) is 0 Å². The van der Waals surface area contributed by atoms with Crippen molar-refractivity contribution in [1.82, 2.24) is 9.88 Å². The Morgan fingerprint density at radius 3 is 2.63 bits per heavy atom. The van der Waals surface area contributed by atoms with Gasteiger partial charge in [-0.05, 0) is 42.7 Å². The lowest BCUT2D eigenvalue weighted by Gasteiger charge is -2.31. The van der Waals surface area contributed by atoms with E-state index in [0.717, 1.165) is 15.8 Å². The zero-order valence-corrected chi connectivity index (χ0v) is 16.3. The van der Waals surface area contributed by atoms with Gasteiger partial charge in [-0.15, -0.1) is 11.3 Å². The van der Waals surface area contributed by atoms with Gasteiger partial charge in [-0.1, -0.05) is 35.9 Å². The summed E-state index contributed by atoms with van der Waals surface area (Å²) in [7, 11) is 0. The van der Waals surface area contributed by atoms with Gasteiger partial charge in [0.05, 0.1) is 16.6 Å². The highest BCUT2D eigenvalue weighted by Crippen LogP contribution is 2.27. The molecule has 0 saturated carbocycles. The molecule has 0 bridgehead atoms. The Hall–Kier alpha value is -2.24. The van der Waals surface area contributed by atoms with Crippen molar-refractivity contribution in [2.75, 3.05) is 13.1 Å². The van der Waals surface area contributed by atoms with Gasteiger partial charge in [-0.2, -0.15) is 0 Å². The first-order valence-corrected chi connectivity index (χ1v) is 10.2. The Bertz CT molecular complexity index is 960. The molecule has 2 aromatic carbocycles. The number of Topliss-reactive ketones (excluding diaryl/α,β-unsaturated/α-hetero) is 1. The van der Waals surface area contributed by atoms with Crippen LogP contribution in [0.4, 0.5) is 0 Å². The lowest BCUT2D eigenvalue weighted by atomic mass is 9.92. The molecule has 4 nitrogen and oxygen atoms in total. The molecule has 1 aliphatic heterocycles. The summed E-state index contributed by atoms with van der Waals surface area (Å²) in [4.78, 5) is 31.7. The third kappa shape index (κ3) is 4.04. The van der Waals surface area contributed by atoms with E-state index in [0.29, 0.717) is 42.4 Å². The van der Waals surface area contributed by atoms with Gasteiger partial charge in [0.2, 0.25) is 5.91 Å². The summed E-state index contributed by atoms with van der Waals surface area (Å²) in [6.07, 6.45) is 1.73. The maximum Gasteiger partial charge on any atom is 0.226 e. The van der Waals surface area contributed by atoms with Crippen LogP contribution in [0, 0.1) is 5.92 Å². The van der Waals surface area contributed by atoms with Crippen molar-refractivity contribution < 1.29 is 9.59 Å². The molecule has 27 heavy (non-hydrogen) atoms. The molecule has 1 aliphatic rings. The standard InChI is InChI=1S/C21H19ClN2O2S/c22-16-5-3-4-14(12-16)13-19(25)24-10-8-15(9-11-24)20(26)21-23-17-6-1-2-7-18(17)27-21/h1-7,12,15H,8-11,13H2. The zero-order chi connectivity index (χ0) is 18.8. The molecule has 138 valence electrons. The fraction of sp³-hybridized carbons (Fsp3) is 0.286. The number of ketones is 1. The number of thiazole rings is 1. The molecule has 6 heteroatoms. The van der Waals surface area contributed by atoms with E-state index in [1.165, 1.54) is 11.3 Å². The molecular weight excluding hydrogens is 380 g/mol. The van der Waals surface area contributed by atoms with Crippen molar-refractivity contribution in [2.24, 2.45) is 5.92 Å². The van der Waals surface area contributed by atoms with Crippen molar-refractivity contribution in [3.05, 3.63) is 64.1 Å². The van der Waals surface area contributed by atoms with Crippen molar-refractivity contribution in [1.29, 1.82) is 0 Å². The second kappa shape index (κ2) is 7.79. The Morgan fingerprint density at radius 2 is 1.89 bits per heavy atom.